The Morgan fingerprint density at radius 2 is 2.14 bits per heavy atom. The molecule has 8 heteroatoms. The monoisotopic (exact) mass is 321 g/mol. The molecule has 1 saturated heterocycles. The molecule has 2 aromatic heterocycles. The first-order valence-electron chi connectivity index (χ1n) is 7.14. The summed E-state index contributed by atoms with van der Waals surface area (Å²) in [4.78, 5) is 22.3. The highest BCUT2D eigenvalue weighted by Gasteiger charge is 2.17. The van der Waals surface area contributed by atoms with Crippen molar-refractivity contribution < 1.29 is 9.53 Å². The average molecular weight is 322 g/mol. The molecular formula is C14H16ClN5O2. The van der Waals surface area contributed by atoms with Gasteiger partial charge in [-0.25, -0.2) is 19.4 Å². The zero-order valence-electron chi connectivity index (χ0n) is 12.0. The lowest BCUT2D eigenvalue weighted by atomic mass is 10.2. The highest BCUT2D eigenvalue weighted by molar-refractivity contribution is 6.29. The fourth-order valence-corrected chi connectivity index (χ4v) is 2.58. The number of aromatic nitrogens is 4. The van der Waals surface area contributed by atoms with Gasteiger partial charge in [-0.15, -0.1) is 0 Å². The third kappa shape index (κ3) is 3.54. The Morgan fingerprint density at radius 1 is 1.32 bits per heavy atom. The predicted octanol–water partition coefficient (Wildman–Crippen LogP) is 1.78. The molecular weight excluding hydrogens is 306 g/mol. The standard InChI is InChI=1S/C14H16ClN5O2/c15-12-7-11(8-13(18-12)19-3-1-2-4-19)14(21)22-6-5-20-10-16-9-17-20/h7-10H,1-6H2. The summed E-state index contributed by atoms with van der Waals surface area (Å²) in [6.07, 6.45) is 5.27. The average Bonchev–Trinajstić information content (AvgIpc) is 3.20. The van der Waals surface area contributed by atoms with Crippen molar-refractivity contribution in [1.82, 2.24) is 19.7 Å². The largest absolute Gasteiger partial charge is 0.460 e. The summed E-state index contributed by atoms with van der Waals surface area (Å²) >= 11 is 6.02. The van der Waals surface area contributed by atoms with E-state index in [0.29, 0.717) is 17.3 Å². The van der Waals surface area contributed by atoms with Gasteiger partial charge in [0.15, 0.2) is 0 Å². The van der Waals surface area contributed by atoms with E-state index < -0.39 is 5.97 Å². The van der Waals surface area contributed by atoms with Crippen LogP contribution in [0.25, 0.3) is 0 Å². The SMILES string of the molecule is O=C(OCCn1cncn1)c1cc(Cl)nc(N2CCCC2)c1. The van der Waals surface area contributed by atoms with E-state index in [0.717, 1.165) is 31.7 Å². The van der Waals surface area contributed by atoms with Crippen molar-refractivity contribution in [3.63, 3.8) is 0 Å². The van der Waals surface area contributed by atoms with Crippen LogP contribution in [0.15, 0.2) is 24.8 Å². The van der Waals surface area contributed by atoms with Gasteiger partial charge in [0.25, 0.3) is 0 Å². The van der Waals surface area contributed by atoms with Gasteiger partial charge in [0, 0.05) is 13.1 Å². The summed E-state index contributed by atoms with van der Waals surface area (Å²) in [6, 6.07) is 3.26. The zero-order valence-corrected chi connectivity index (χ0v) is 12.7. The van der Waals surface area contributed by atoms with E-state index in [1.165, 1.54) is 12.4 Å². The second kappa shape index (κ2) is 6.74. The Hall–Kier alpha value is -2.15. The maximum absolute atomic E-state index is 12.1. The van der Waals surface area contributed by atoms with Crippen LogP contribution in [0.4, 0.5) is 5.82 Å². The van der Waals surface area contributed by atoms with Crippen LogP contribution in [-0.4, -0.2) is 45.4 Å². The number of nitrogens with zero attached hydrogens (tertiary/aromatic N) is 5. The van der Waals surface area contributed by atoms with Crippen molar-refractivity contribution in [2.75, 3.05) is 24.6 Å². The summed E-state index contributed by atoms with van der Waals surface area (Å²) in [6.45, 7) is 2.56. The van der Waals surface area contributed by atoms with Crippen molar-refractivity contribution in [3.05, 3.63) is 35.5 Å². The van der Waals surface area contributed by atoms with Crippen LogP contribution < -0.4 is 4.90 Å². The topological polar surface area (TPSA) is 73.1 Å². The number of ether oxygens (including phenoxy) is 1. The van der Waals surface area contributed by atoms with Gasteiger partial charge in [-0.05, 0) is 25.0 Å². The van der Waals surface area contributed by atoms with Crippen molar-refractivity contribution in [1.29, 1.82) is 0 Å². The van der Waals surface area contributed by atoms with Gasteiger partial charge < -0.3 is 9.64 Å². The number of hydrogen-bond donors (Lipinski definition) is 0. The van der Waals surface area contributed by atoms with Gasteiger partial charge in [-0.2, -0.15) is 5.10 Å². The molecule has 0 N–H and O–H groups in total. The van der Waals surface area contributed by atoms with Crippen molar-refractivity contribution in [2.45, 2.75) is 19.4 Å². The van der Waals surface area contributed by atoms with Crippen LogP contribution in [0.1, 0.15) is 23.2 Å². The maximum atomic E-state index is 12.1. The number of esters is 1. The van der Waals surface area contributed by atoms with Crippen LogP contribution >= 0.6 is 11.6 Å². The number of carbonyl (C=O) groups excluding carboxylic acids is 1. The normalized spacial score (nSPS) is 14.3. The molecule has 3 heterocycles. The molecule has 1 aliphatic rings. The number of carbonyl (C=O) groups is 1. The van der Waals surface area contributed by atoms with E-state index >= 15 is 0 Å². The van der Waals surface area contributed by atoms with E-state index in [-0.39, 0.29) is 6.61 Å². The molecule has 0 spiro atoms. The first-order valence-corrected chi connectivity index (χ1v) is 7.52. The highest BCUT2D eigenvalue weighted by Crippen LogP contribution is 2.22. The number of pyridine rings is 1. The first-order chi connectivity index (χ1) is 10.7. The highest BCUT2D eigenvalue weighted by atomic mass is 35.5. The third-order valence-corrected chi connectivity index (χ3v) is 3.66. The molecule has 0 radical (unpaired) electrons. The second-order valence-corrected chi connectivity index (χ2v) is 5.41. The number of halogens is 1. The fraction of sp³-hybridized carbons (Fsp3) is 0.429. The van der Waals surface area contributed by atoms with E-state index in [1.807, 2.05) is 0 Å². The molecule has 0 bridgehead atoms. The summed E-state index contributed by atoms with van der Waals surface area (Å²) in [5.41, 5.74) is 0.417. The van der Waals surface area contributed by atoms with Gasteiger partial charge >= 0.3 is 5.97 Å². The van der Waals surface area contributed by atoms with Gasteiger partial charge in [-0.1, -0.05) is 11.6 Å². The molecule has 0 saturated carbocycles. The third-order valence-electron chi connectivity index (χ3n) is 3.47. The summed E-state index contributed by atoms with van der Waals surface area (Å²) in [7, 11) is 0. The lowest BCUT2D eigenvalue weighted by molar-refractivity contribution is 0.0487. The fourth-order valence-electron chi connectivity index (χ4n) is 2.37. The van der Waals surface area contributed by atoms with Crippen LogP contribution in [-0.2, 0) is 11.3 Å². The van der Waals surface area contributed by atoms with Gasteiger partial charge in [0.1, 0.15) is 30.2 Å². The Labute approximate surface area is 132 Å². The lowest BCUT2D eigenvalue weighted by Gasteiger charge is -2.17. The van der Waals surface area contributed by atoms with E-state index in [4.69, 9.17) is 16.3 Å². The van der Waals surface area contributed by atoms with Crippen LogP contribution in [0, 0.1) is 0 Å². The van der Waals surface area contributed by atoms with Gasteiger partial charge in [0.2, 0.25) is 0 Å². The minimum atomic E-state index is -0.412. The molecule has 22 heavy (non-hydrogen) atoms. The molecule has 7 nitrogen and oxygen atoms in total. The molecule has 0 atom stereocenters. The van der Waals surface area contributed by atoms with E-state index in [1.54, 1.807) is 17.1 Å². The molecule has 1 fully saturated rings. The Bertz CT molecular complexity index is 641. The minimum Gasteiger partial charge on any atom is -0.460 e. The number of hydrogen-bond acceptors (Lipinski definition) is 6. The molecule has 0 aromatic carbocycles. The van der Waals surface area contributed by atoms with Crippen molar-refractivity contribution in [2.24, 2.45) is 0 Å². The van der Waals surface area contributed by atoms with Crippen molar-refractivity contribution in [3.8, 4) is 0 Å². The Morgan fingerprint density at radius 3 is 2.86 bits per heavy atom. The Balaban J connectivity index is 1.63. The molecule has 0 unspecified atom stereocenters. The smallest absolute Gasteiger partial charge is 0.338 e. The van der Waals surface area contributed by atoms with Crippen LogP contribution in [0.2, 0.25) is 5.15 Å². The summed E-state index contributed by atoms with van der Waals surface area (Å²) < 4.78 is 6.84. The summed E-state index contributed by atoms with van der Waals surface area (Å²) in [5.74, 6) is 0.318. The predicted molar refractivity (Wildman–Crippen MR) is 81.0 cm³/mol. The maximum Gasteiger partial charge on any atom is 0.338 e. The second-order valence-electron chi connectivity index (χ2n) is 5.03. The molecule has 1 aliphatic heterocycles. The van der Waals surface area contributed by atoms with Crippen molar-refractivity contribution >= 4 is 23.4 Å². The van der Waals surface area contributed by atoms with Gasteiger partial charge in [-0.3, -0.25) is 0 Å². The van der Waals surface area contributed by atoms with Crippen LogP contribution in [0.5, 0.6) is 0 Å². The first kappa shape index (κ1) is 14.8. The summed E-state index contributed by atoms with van der Waals surface area (Å²) in [5, 5.41) is 4.24. The zero-order chi connectivity index (χ0) is 15.4. The Kier molecular flexibility index (Phi) is 4.53. The molecule has 2 aromatic rings. The van der Waals surface area contributed by atoms with Gasteiger partial charge in [0.05, 0.1) is 12.1 Å². The molecule has 0 amide bonds. The van der Waals surface area contributed by atoms with Crippen LogP contribution in [0.3, 0.4) is 0 Å². The number of rotatable bonds is 5. The van der Waals surface area contributed by atoms with E-state index in [9.17, 15) is 4.79 Å². The van der Waals surface area contributed by atoms with E-state index in [2.05, 4.69) is 20.0 Å². The number of anilines is 1. The molecule has 3 rings (SSSR count). The quantitative estimate of drug-likeness (QED) is 0.617. The lowest BCUT2D eigenvalue weighted by Crippen LogP contribution is -2.20. The minimum absolute atomic E-state index is 0.223. The molecule has 116 valence electrons. The molecule has 0 aliphatic carbocycles.